The van der Waals surface area contributed by atoms with Crippen molar-refractivity contribution < 1.29 is 18.9 Å². The third kappa shape index (κ3) is 4.51. The smallest absolute Gasteiger partial charge is 0.276 e. The van der Waals surface area contributed by atoms with Crippen LogP contribution in [0.2, 0.25) is 5.02 Å². The number of nitro groups is 1. The summed E-state index contributed by atoms with van der Waals surface area (Å²) < 4.78 is 11.4. The molecule has 5 rings (SSSR count). The zero-order chi connectivity index (χ0) is 24.5. The van der Waals surface area contributed by atoms with E-state index >= 15 is 0 Å². The molecule has 0 aliphatic carbocycles. The van der Waals surface area contributed by atoms with Crippen LogP contribution in [0.4, 0.5) is 11.4 Å². The number of rotatable bonds is 6. The Balaban J connectivity index is 1.33. The second-order valence-corrected chi connectivity index (χ2v) is 8.29. The Labute approximate surface area is 204 Å². The molecule has 0 saturated carbocycles. The van der Waals surface area contributed by atoms with Crippen LogP contribution in [0, 0.1) is 17.0 Å². The zero-order valence-electron chi connectivity index (χ0n) is 18.4. The standard InChI is InChI=1S/C26H18ClN3O5/c1-15-8-10-17(13-23(15)30(32)33)34-14-25(31)28-16-9-11-24-22(12-16)29-26(35-24)20-6-2-5-19-18(20)4-3-7-21(19)27/h2-13H,14H2,1H3,(H,28,31). The molecule has 1 amide bonds. The van der Waals surface area contributed by atoms with Gasteiger partial charge in [0.1, 0.15) is 11.3 Å². The minimum Gasteiger partial charge on any atom is -0.484 e. The highest BCUT2D eigenvalue weighted by Gasteiger charge is 2.15. The van der Waals surface area contributed by atoms with Crippen molar-refractivity contribution in [1.29, 1.82) is 0 Å². The van der Waals surface area contributed by atoms with Crippen LogP contribution >= 0.6 is 11.6 Å². The number of hydrogen-bond acceptors (Lipinski definition) is 6. The average Bonchev–Trinajstić information content (AvgIpc) is 3.26. The van der Waals surface area contributed by atoms with Crippen molar-refractivity contribution >= 4 is 50.8 Å². The van der Waals surface area contributed by atoms with Gasteiger partial charge >= 0.3 is 0 Å². The van der Waals surface area contributed by atoms with E-state index in [1.807, 2.05) is 36.4 Å². The molecule has 1 heterocycles. The number of nitrogens with one attached hydrogen (secondary N) is 1. The van der Waals surface area contributed by atoms with E-state index < -0.39 is 10.8 Å². The number of anilines is 1. The van der Waals surface area contributed by atoms with Crippen molar-refractivity contribution in [2.75, 3.05) is 11.9 Å². The van der Waals surface area contributed by atoms with E-state index in [0.717, 1.165) is 16.3 Å². The lowest BCUT2D eigenvalue weighted by molar-refractivity contribution is -0.385. The first-order valence-electron chi connectivity index (χ1n) is 10.6. The maximum Gasteiger partial charge on any atom is 0.276 e. The van der Waals surface area contributed by atoms with Crippen LogP contribution in [-0.4, -0.2) is 22.4 Å². The van der Waals surface area contributed by atoms with Gasteiger partial charge in [-0.3, -0.25) is 14.9 Å². The Hall–Kier alpha value is -4.43. The molecule has 8 nitrogen and oxygen atoms in total. The Morgan fingerprint density at radius 1 is 1.09 bits per heavy atom. The number of carbonyl (C=O) groups is 1. The van der Waals surface area contributed by atoms with Crippen LogP contribution in [0.5, 0.6) is 5.75 Å². The van der Waals surface area contributed by atoms with E-state index in [1.54, 1.807) is 37.3 Å². The highest BCUT2D eigenvalue weighted by Crippen LogP contribution is 2.34. The molecule has 0 bridgehead atoms. The third-order valence-corrected chi connectivity index (χ3v) is 5.85. The first-order chi connectivity index (χ1) is 16.9. The van der Waals surface area contributed by atoms with E-state index in [9.17, 15) is 14.9 Å². The quantitative estimate of drug-likeness (QED) is 0.215. The number of aromatic nitrogens is 1. The maximum atomic E-state index is 12.4. The average molecular weight is 488 g/mol. The number of benzene rings is 4. The van der Waals surface area contributed by atoms with E-state index in [-0.39, 0.29) is 18.0 Å². The second-order valence-electron chi connectivity index (χ2n) is 7.88. The molecular formula is C26H18ClN3O5. The van der Waals surface area contributed by atoms with Crippen LogP contribution in [0.25, 0.3) is 33.3 Å². The Bertz CT molecular complexity index is 1610. The lowest BCUT2D eigenvalue weighted by atomic mass is 10.0. The minimum atomic E-state index is -0.490. The molecular weight excluding hydrogens is 470 g/mol. The molecule has 0 aliphatic heterocycles. The van der Waals surface area contributed by atoms with Crippen LogP contribution in [0.1, 0.15) is 5.56 Å². The van der Waals surface area contributed by atoms with Gasteiger partial charge in [0.05, 0.1) is 11.0 Å². The highest BCUT2D eigenvalue weighted by molar-refractivity contribution is 6.35. The molecule has 1 N–H and O–H groups in total. The van der Waals surface area contributed by atoms with Gasteiger partial charge in [0.15, 0.2) is 12.2 Å². The Kier molecular flexibility index (Phi) is 5.80. The predicted octanol–water partition coefficient (Wildman–Crippen LogP) is 6.54. The Morgan fingerprint density at radius 2 is 1.89 bits per heavy atom. The van der Waals surface area contributed by atoms with Gasteiger partial charge in [0.25, 0.3) is 11.6 Å². The van der Waals surface area contributed by atoms with Crippen molar-refractivity contribution in [2.24, 2.45) is 0 Å². The third-order valence-electron chi connectivity index (χ3n) is 5.52. The molecule has 0 atom stereocenters. The molecule has 9 heteroatoms. The minimum absolute atomic E-state index is 0.0661. The number of amides is 1. The molecule has 35 heavy (non-hydrogen) atoms. The normalized spacial score (nSPS) is 11.0. The maximum absolute atomic E-state index is 12.4. The van der Waals surface area contributed by atoms with Gasteiger partial charge in [-0.15, -0.1) is 0 Å². The molecule has 4 aromatic carbocycles. The molecule has 0 spiro atoms. The number of ether oxygens (including phenoxy) is 1. The molecule has 0 fully saturated rings. The summed E-state index contributed by atoms with van der Waals surface area (Å²) in [7, 11) is 0. The lowest BCUT2D eigenvalue weighted by Crippen LogP contribution is -2.20. The van der Waals surface area contributed by atoms with Crippen molar-refractivity contribution in [3.8, 4) is 17.2 Å². The molecule has 1 aromatic heterocycles. The number of aryl methyl sites for hydroxylation is 1. The number of nitrogens with zero attached hydrogens (tertiary/aromatic N) is 2. The van der Waals surface area contributed by atoms with Gasteiger partial charge in [-0.1, -0.05) is 35.9 Å². The summed E-state index contributed by atoms with van der Waals surface area (Å²) in [6, 6.07) is 21.0. The van der Waals surface area contributed by atoms with E-state index in [0.29, 0.717) is 33.3 Å². The molecule has 5 aromatic rings. The first kappa shape index (κ1) is 22.4. The summed E-state index contributed by atoms with van der Waals surface area (Å²) in [6.07, 6.45) is 0. The van der Waals surface area contributed by atoms with Gasteiger partial charge in [-0.05, 0) is 54.8 Å². The Morgan fingerprint density at radius 3 is 2.71 bits per heavy atom. The molecule has 0 unspecified atom stereocenters. The highest BCUT2D eigenvalue weighted by atomic mass is 35.5. The molecule has 0 aliphatic rings. The van der Waals surface area contributed by atoms with Crippen molar-refractivity contribution in [3.05, 3.63) is 93.5 Å². The predicted molar refractivity (Wildman–Crippen MR) is 134 cm³/mol. The zero-order valence-corrected chi connectivity index (χ0v) is 19.2. The second kappa shape index (κ2) is 9.08. The van der Waals surface area contributed by atoms with Crippen molar-refractivity contribution in [3.63, 3.8) is 0 Å². The number of halogens is 1. The summed E-state index contributed by atoms with van der Waals surface area (Å²) in [6.45, 7) is 1.33. The fourth-order valence-electron chi connectivity index (χ4n) is 3.80. The summed E-state index contributed by atoms with van der Waals surface area (Å²) >= 11 is 6.33. The fraction of sp³-hybridized carbons (Fsp3) is 0.0769. The van der Waals surface area contributed by atoms with Gasteiger partial charge < -0.3 is 14.5 Å². The van der Waals surface area contributed by atoms with Gasteiger partial charge in [0.2, 0.25) is 5.89 Å². The largest absolute Gasteiger partial charge is 0.484 e. The van der Waals surface area contributed by atoms with Gasteiger partial charge in [-0.2, -0.15) is 0 Å². The molecule has 174 valence electrons. The number of nitro benzene ring substituents is 1. The topological polar surface area (TPSA) is 108 Å². The fourth-order valence-corrected chi connectivity index (χ4v) is 4.04. The van der Waals surface area contributed by atoms with E-state index in [1.165, 1.54) is 6.07 Å². The summed E-state index contributed by atoms with van der Waals surface area (Å²) in [4.78, 5) is 27.6. The van der Waals surface area contributed by atoms with E-state index in [4.69, 9.17) is 20.8 Å². The van der Waals surface area contributed by atoms with Crippen LogP contribution < -0.4 is 10.1 Å². The van der Waals surface area contributed by atoms with E-state index in [2.05, 4.69) is 10.3 Å². The molecule has 0 radical (unpaired) electrons. The van der Waals surface area contributed by atoms with Gasteiger partial charge in [0, 0.05) is 27.2 Å². The summed E-state index contributed by atoms with van der Waals surface area (Å²) in [5, 5.41) is 16.3. The summed E-state index contributed by atoms with van der Waals surface area (Å²) in [5.74, 6) is 0.268. The first-order valence-corrected chi connectivity index (χ1v) is 11.0. The summed E-state index contributed by atoms with van der Waals surface area (Å²) in [5.41, 5.74) is 2.92. The van der Waals surface area contributed by atoms with Crippen molar-refractivity contribution in [2.45, 2.75) is 6.92 Å². The van der Waals surface area contributed by atoms with Crippen LogP contribution in [-0.2, 0) is 4.79 Å². The van der Waals surface area contributed by atoms with Gasteiger partial charge in [-0.25, -0.2) is 4.98 Å². The van der Waals surface area contributed by atoms with Crippen LogP contribution in [0.3, 0.4) is 0 Å². The lowest BCUT2D eigenvalue weighted by Gasteiger charge is -2.08. The number of oxazole rings is 1. The van der Waals surface area contributed by atoms with Crippen LogP contribution in [0.15, 0.2) is 77.2 Å². The number of fused-ring (bicyclic) bond motifs is 2. The number of carbonyl (C=O) groups excluding carboxylic acids is 1. The number of hydrogen-bond donors (Lipinski definition) is 1. The monoisotopic (exact) mass is 487 g/mol. The van der Waals surface area contributed by atoms with Crippen molar-refractivity contribution in [1.82, 2.24) is 4.98 Å². The SMILES string of the molecule is Cc1ccc(OCC(=O)Nc2ccc3oc(-c4cccc5c(Cl)cccc45)nc3c2)cc1[N+](=O)[O-]. The molecule has 0 saturated heterocycles.